The second-order valence-electron chi connectivity index (χ2n) is 2.74. The fourth-order valence-electron chi connectivity index (χ4n) is 1.16. The summed E-state index contributed by atoms with van der Waals surface area (Å²) in [6.07, 6.45) is 3.41. The predicted octanol–water partition coefficient (Wildman–Crippen LogP) is 1.27. The molecular weight excluding hydrogens is 152 g/mol. The molecule has 0 aromatic rings. The van der Waals surface area contributed by atoms with Gasteiger partial charge in [0.2, 0.25) is 0 Å². The lowest BCUT2D eigenvalue weighted by atomic mass is 10.3. The molecule has 0 spiro atoms. The average molecular weight is 169 g/mol. The van der Waals surface area contributed by atoms with Crippen molar-refractivity contribution in [3.05, 3.63) is 25.3 Å². The topological polar surface area (TPSA) is 43.1 Å². The van der Waals surface area contributed by atoms with Crippen LogP contribution in [0.4, 0.5) is 4.79 Å². The standard InChI is InChI=1S/C9H16N2O/c1-4-7-11(6-3,8-5-2)9(10)12/h4-5H,1-2,6-8H2,3H3,(H-,10,12)/p+1. The molecule has 0 aromatic carbocycles. The lowest BCUT2D eigenvalue weighted by molar-refractivity contribution is -0.835. The van der Waals surface area contributed by atoms with Crippen LogP contribution in [0.1, 0.15) is 6.92 Å². The highest BCUT2D eigenvalue weighted by Gasteiger charge is 2.29. The molecule has 0 fully saturated rings. The summed E-state index contributed by atoms with van der Waals surface area (Å²) in [5.41, 5.74) is 5.29. The van der Waals surface area contributed by atoms with Crippen LogP contribution in [0.15, 0.2) is 25.3 Å². The van der Waals surface area contributed by atoms with E-state index in [-0.39, 0.29) is 10.5 Å². The highest BCUT2D eigenvalue weighted by atomic mass is 16.2. The maximum Gasteiger partial charge on any atom is 0.414 e. The van der Waals surface area contributed by atoms with Gasteiger partial charge in [0.25, 0.3) is 0 Å². The number of primary amides is 1. The molecule has 0 saturated carbocycles. The van der Waals surface area contributed by atoms with Gasteiger partial charge in [-0.25, -0.2) is 9.28 Å². The normalized spacial score (nSPS) is 10.8. The molecule has 12 heavy (non-hydrogen) atoms. The number of rotatable bonds is 5. The summed E-state index contributed by atoms with van der Waals surface area (Å²) in [6, 6.07) is -0.322. The van der Waals surface area contributed by atoms with Gasteiger partial charge < -0.3 is 5.73 Å². The molecule has 0 saturated heterocycles. The Morgan fingerprint density at radius 3 is 2.00 bits per heavy atom. The number of likely N-dealkylation sites (N-methyl/N-ethyl adjacent to an activating group) is 1. The number of nitrogens with zero attached hydrogens (tertiary/aromatic N) is 1. The lowest BCUT2D eigenvalue weighted by Gasteiger charge is -2.30. The summed E-state index contributed by atoms with van der Waals surface area (Å²) in [4.78, 5) is 11.1. The molecule has 0 atom stereocenters. The number of urea groups is 1. The third-order valence-electron chi connectivity index (χ3n) is 2.03. The molecule has 2 amide bonds. The Bertz CT molecular complexity index is 177. The summed E-state index contributed by atoms with van der Waals surface area (Å²) in [6.45, 7) is 10.9. The highest BCUT2D eigenvalue weighted by molar-refractivity contribution is 5.64. The van der Waals surface area contributed by atoms with Crippen LogP contribution in [0.25, 0.3) is 0 Å². The van der Waals surface area contributed by atoms with Gasteiger partial charge in [-0.3, -0.25) is 0 Å². The lowest BCUT2D eigenvalue weighted by Crippen LogP contribution is -2.55. The van der Waals surface area contributed by atoms with E-state index in [1.807, 2.05) is 6.92 Å². The van der Waals surface area contributed by atoms with E-state index >= 15 is 0 Å². The van der Waals surface area contributed by atoms with E-state index in [0.29, 0.717) is 19.6 Å². The van der Waals surface area contributed by atoms with Gasteiger partial charge in [-0.2, -0.15) is 0 Å². The van der Waals surface area contributed by atoms with Gasteiger partial charge in [0.1, 0.15) is 13.1 Å². The molecule has 2 N–H and O–H groups in total. The van der Waals surface area contributed by atoms with Crippen molar-refractivity contribution >= 4 is 6.03 Å². The largest absolute Gasteiger partial charge is 0.414 e. The van der Waals surface area contributed by atoms with Gasteiger partial charge in [-0.15, -0.1) is 0 Å². The minimum Gasteiger partial charge on any atom is -0.319 e. The molecule has 0 aliphatic carbocycles. The summed E-state index contributed by atoms with van der Waals surface area (Å²) < 4.78 is 0.215. The number of hydrogen-bond donors (Lipinski definition) is 1. The minimum atomic E-state index is -0.322. The highest BCUT2D eigenvalue weighted by Crippen LogP contribution is 2.06. The molecule has 0 unspecified atom stereocenters. The first kappa shape index (κ1) is 10.9. The number of hydrogen-bond acceptors (Lipinski definition) is 1. The summed E-state index contributed by atoms with van der Waals surface area (Å²) >= 11 is 0. The molecule has 0 bridgehead atoms. The van der Waals surface area contributed by atoms with Gasteiger partial charge >= 0.3 is 6.03 Å². The Kier molecular flexibility index (Phi) is 4.29. The average Bonchev–Trinajstić information content (AvgIpc) is 2.03. The maximum absolute atomic E-state index is 11.1. The molecule has 0 aliphatic heterocycles. The van der Waals surface area contributed by atoms with Gasteiger partial charge in [-0.1, -0.05) is 13.2 Å². The summed E-state index contributed by atoms with van der Waals surface area (Å²) in [5.74, 6) is 0. The van der Waals surface area contributed by atoms with E-state index < -0.39 is 0 Å². The molecule has 3 nitrogen and oxygen atoms in total. The van der Waals surface area contributed by atoms with Crippen LogP contribution in [-0.4, -0.2) is 30.1 Å². The first-order valence-electron chi connectivity index (χ1n) is 4.01. The first-order valence-corrected chi connectivity index (χ1v) is 4.01. The SMILES string of the molecule is C=CC[N+](CC)(CC=C)C(N)=O. The Morgan fingerprint density at radius 1 is 1.42 bits per heavy atom. The molecule has 0 aliphatic rings. The van der Waals surface area contributed by atoms with Gasteiger partial charge in [0.15, 0.2) is 0 Å². The molecule has 68 valence electrons. The van der Waals surface area contributed by atoms with Crippen molar-refractivity contribution in [3.8, 4) is 0 Å². The summed E-state index contributed by atoms with van der Waals surface area (Å²) in [5, 5.41) is 0. The van der Waals surface area contributed by atoms with Crippen LogP contribution in [0, 0.1) is 0 Å². The van der Waals surface area contributed by atoms with Crippen molar-refractivity contribution in [2.24, 2.45) is 5.73 Å². The Balaban J connectivity index is 4.60. The third kappa shape index (κ3) is 2.20. The zero-order valence-electron chi connectivity index (χ0n) is 7.62. The van der Waals surface area contributed by atoms with Crippen LogP contribution in [-0.2, 0) is 0 Å². The van der Waals surface area contributed by atoms with Gasteiger partial charge in [-0.05, 0) is 19.1 Å². The fourth-order valence-corrected chi connectivity index (χ4v) is 1.16. The van der Waals surface area contributed by atoms with Crippen LogP contribution >= 0.6 is 0 Å². The zero-order chi connectivity index (χ0) is 9.61. The molecule has 0 rings (SSSR count). The van der Waals surface area contributed by atoms with Gasteiger partial charge in [0.05, 0.1) is 6.54 Å². The Morgan fingerprint density at radius 2 is 1.83 bits per heavy atom. The van der Waals surface area contributed by atoms with Crippen LogP contribution < -0.4 is 5.73 Å². The number of nitrogens with two attached hydrogens (primary N) is 1. The Hall–Kier alpha value is -1.09. The van der Waals surface area contributed by atoms with Crippen molar-refractivity contribution in [3.63, 3.8) is 0 Å². The van der Waals surface area contributed by atoms with Crippen molar-refractivity contribution in [2.75, 3.05) is 19.6 Å². The number of quaternary nitrogens is 1. The van der Waals surface area contributed by atoms with Crippen LogP contribution in [0.3, 0.4) is 0 Å². The summed E-state index contributed by atoms with van der Waals surface area (Å²) in [7, 11) is 0. The predicted molar refractivity (Wildman–Crippen MR) is 50.5 cm³/mol. The van der Waals surface area contributed by atoms with Gasteiger partial charge in [0, 0.05) is 0 Å². The molecule has 0 heterocycles. The van der Waals surface area contributed by atoms with Crippen molar-refractivity contribution in [1.82, 2.24) is 0 Å². The molecule has 3 heteroatoms. The Labute approximate surface area is 73.8 Å². The molecule has 0 aromatic heterocycles. The second-order valence-corrected chi connectivity index (χ2v) is 2.74. The molecule has 0 radical (unpaired) electrons. The first-order chi connectivity index (χ1) is 5.63. The van der Waals surface area contributed by atoms with Crippen molar-refractivity contribution in [2.45, 2.75) is 6.92 Å². The second kappa shape index (κ2) is 4.72. The maximum atomic E-state index is 11.1. The third-order valence-corrected chi connectivity index (χ3v) is 2.03. The number of carbonyl (C=O) groups is 1. The smallest absolute Gasteiger partial charge is 0.319 e. The monoisotopic (exact) mass is 169 g/mol. The van der Waals surface area contributed by atoms with E-state index in [1.54, 1.807) is 12.2 Å². The fraction of sp³-hybridized carbons (Fsp3) is 0.444. The van der Waals surface area contributed by atoms with Crippen molar-refractivity contribution < 1.29 is 9.28 Å². The van der Waals surface area contributed by atoms with E-state index in [2.05, 4.69) is 13.2 Å². The van der Waals surface area contributed by atoms with E-state index in [1.165, 1.54) is 0 Å². The number of amides is 2. The van der Waals surface area contributed by atoms with Crippen LogP contribution in [0.5, 0.6) is 0 Å². The quantitative estimate of drug-likeness (QED) is 0.489. The van der Waals surface area contributed by atoms with E-state index in [4.69, 9.17) is 5.73 Å². The van der Waals surface area contributed by atoms with E-state index in [9.17, 15) is 4.79 Å². The zero-order valence-corrected chi connectivity index (χ0v) is 7.62. The number of carbonyl (C=O) groups excluding carboxylic acids is 1. The van der Waals surface area contributed by atoms with Crippen LogP contribution in [0.2, 0.25) is 0 Å². The van der Waals surface area contributed by atoms with E-state index in [0.717, 1.165) is 0 Å². The van der Waals surface area contributed by atoms with Crippen molar-refractivity contribution in [1.29, 1.82) is 0 Å². The minimum absolute atomic E-state index is 0.215. The molecular formula is C9H17N2O+.